The second kappa shape index (κ2) is 12.4. The first kappa shape index (κ1) is 18.9. The van der Waals surface area contributed by atoms with Gasteiger partial charge in [-0.05, 0) is 31.2 Å². The van der Waals surface area contributed by atoms with Crippen molar-refractivity contribution in [3.63, 3.8) is 0 Å². The summed E-state index contributed by atoms with van der Waals surface area (Å²) in [4.78, 5) is 0. The Kier molecular flexibility index (Phi) is 11.2. The topological polar surface area (TPSA) is 41.5 Å². The van der Waals surface area contributed by atoms with Crippen LogP contribution in [0.1, 0.15) is 71.6 Å². The second-order valence-corrected chi connectivity index (χ2v) is 6.91. The Bertz CT molecular complexity index is 227. The van der Waals surface area contributed by atoms with Crippen molar-refractivity contribution in [3.8, 4) is 0 Å². The summed E-state index contributed by atoms with van der Waals surface area (Å²) in [7, 11) is 0. The normalized spacial score (nSPS) is 24.1. The molecule has 2 N–H and O–H groups in total. The van der Waals surface area contributed by atoms with Crippen LogP contribution in [-0.4, -0.2) is 37.5 Å². The van der Waals surface area contributed by atoms with Gasteiger partial charge in [-0.3, -0.25) is 0 Å². The highest BCUT2D eigenvalue weighted by atomic mass is 16.5. The first-order chi connectivity index (χ1) is 10.2. The Labute approximate surface area is 131 Å². The number of aliphatic hydroxyl groups is 1. The van der Waals surface area contributed by atoms with Gasteiger partial charge in [-0.2, -0.15) is 0 Å². The fourth-order valence-corrected chi connectivity index (χ4v) is 3.10. The molecule has 3 heteroatoms. The molecule has 1 aliphatic carbocycles. The van der Waals surface area contributed by atoms with E-state index in [9.17, 15) is 5.11 Å². The lowest BCUT2D eigenvalue weighted by Crippen LogP contribution is -2.32. The first-order valence-corrected chi connectivity index (χ1v) is 9.18. The summed E-state index contributed by atoms with van der Waals surface area (Å²) in [5, 5.41) is 13.2. The van der Waals surface area contributed by atoms with Crippen LogP contribution in [0.25, 0.3) is 0 Å². The van der Waals surface area contributed by atoms with E-state index in [1.165, 1.54) is 51.4 Å². The zero-order valence-electron chi connectivity index (χ0n) is 14.3. The summed E-state index contributed by atoms with van der Waals surface area (Å²) in [6.45, 7) is 7.54. The van der Waals surface area contributed by atoms with Gasteiger partial charge in [-0.15, -0.1) is 0 Å². The minimum Gasteiger partial charge on any atom is -0.389 e. The average Bonchev–Trinajstić information content (AvgIpc) is 2.49. The van der Waals surface area contributed by atoms with Gasteiger partial charge < -0.3 is 15.2 Å². The van der Waals surface area contributed by atoms with Crippen molar-refractivity contribution >= 4 is 0 Å². The molecule has 0 radical (unpaired) electrons. The Morgan fingerprint density at radius 3 is 2.62 bits per heavy atom. The molecular weight excluding hydrogens is 262 g/mol. The third-order valence-electron chi connectivity index (χ3n) is 4.70. The highest BCUT2D eigenvalue weighted by Crippen LogP contribution is 2.29. The molecule has 1 saturated carbocycles. The molecule has 1 aliphatic rings. The third-order valence-corrected chi connectivity index (χ3v) is 4.70. The molecule has 0 heterocycles. The Balaban J connectivity index is 1.85. The molecule has 0 aromatic carbocycles. The van der Waals surface area contributed by atoms with Crippen LogP contribution < -0.4 is 5.32 Å². The number of nitrogens with one attached hydrogen (secondary N) is 1. The zero-order valence-corrected chi connectivity index (χ0v) is 14.3. The third kappa shape index (κ3) is 10.3. The van der Waals surface area contributed by atoms with Gasteiger partial charge in [-0.25, -0.2) is 0 Å². The summed E-state index contributed by atoms with van der Waals surface area (Å²) in [6, 6.07) is 0. The van der Waals surface area contributed by atoms with Gasteiger partial charge >= 0.3 is 0 Å². The van der Waals surface area contributed by atoms with E-state index in [1.54, 1.807) is 0 Å². The molecule has 0 bridgehead atoms. The molecule has 0 aromatic heterocycles. The van der Waals surface area contributed by atoms with Gasteiger partial charge in [0.25, 0.3) is 0 Å². The van der Waals surface area contributed by atoms with Crippen LogP contribution in [0.4, 0.5) is 0 Å². The molecule has 0 aromatic rings. The number of aliphatic hydroxyl groups excluding tert-OH is 1. The molecule has 0 saturated heterocycles. The van der Waals surface area contributed by atoms with Crippen LogP contribution >= 0.6 is 0 Å². The number of ether oxygens (including phenoxy) is 1. The van der Waals surface area contributed by atoms with Crippen molar-refractivity contribution in [1.82, 2.24) is 5.32 Å². The van der Waals surface area contributed by atoms with Crippen molar-refractivity contribution in [2.75, 3.05) is 26.3 Å². The minimum absolute atomic E-state index is 0.359. The lowest BCUT2D eigenvalue weighted by molar-refractivity contribution is 0.0353. The average molecular weight is 299 g/mol. The van der Waals surface area contributed by atoms with Gasteiger partial charge in [0.1, 0.15) is 0 Å². The Hall–Kier alpha value is -0.120. The predicted octanol–water partition coefficient (Wildman–Crippen LogP) is 3.75. The molecule has 21 heavy (non-hydrogen) atoms. The van der Waals surface area contributed by atoms with Crippen LogP contribution in [0, 0.1) is 11.8 Å². The number of hydrogen-bond donors (Lipinski definition) is 2. The van der Waals surface area contributed by atoms with Crippen molar-refractivity contribution in [2.45, 2.75) is 77.7 Å². The van der Waals surface area contributed by atoms with E-state index in [4.69, 9.17) is 4.74 Å². The molecular formula is C18H37NO2. The van der Waals surface area contributed by atoms with Crippen LogP contribution in [0.2, 0.25) is 0 Å². The smallest absolute Gasteiger partial charge is 0.0897 e. The van der Waals surface area contributed by atoms with E-state index < -0.39 is 0 Å². The van der Waals surface area contributed by atoms with Crippen LogP contribution in [-0.2, 0) is 4.74 Å². The zero-order chi connectivity index (χ0) is 15.3. The molecule has 0 aliphatic heterocycles. The molecule has 3 nitrogen and oxygen atoms in total. The van der Waals surface area contributed by atoms with Crippen LogP contribution in [0.5, 0.6) is 0 Å². The van der Waals surface area contributed by atoms with Gasteiger partial charge in [0, 0.05) is 13.2 Å². The maximum Gasteiger partial charge on any atom is 0.0897 e. The molecule has 0 amide bonds. The summed E-state index contributed by atoms with van der Waals surface area (Å²) < 4.78 is 5.51. The van der Waals surface area contributed by atoms with E-state index in [0.717, 1.165) is 31.4 Å². The highest BCUT2D eigenvalue weighted by Gasteiger charge is 2.17. The van der Waals surface area contributed by atoms with Crippen LogP contribution in [0.15, 0.2) is 0 Å². The first-order valence-electron chi connectivity index (χ1n) is 9.18. The van der Waals surface area contributed by atoms with Gasteiger partial charge in [0.2, 0.25) is 0 Å². The second-order valence-electron chi connectivity index (χ2n) is 6.91. The summed E-state index contributed by atoms with van der Waals surface area (Å²) in [5.41, 5.74) is 0. The summed E-state index contributed by atoms with van der Waals surface area (Å²) in [6.07, 6.45) is 11.4. The lowest BCUT2D eigenvalue weighted by Gasteiger charge is -2.26. The van der Waals surface area contributed by atoms with E-state index in [0.29, 0.717) is 13.2 Å². The van der Waals surface area contributed by atoms with Crippen molar-refractivity contribution in [1.29, 1.82) is 0 Å². The molecule has 1 rings (SSSR count). The molecule has 0 spiro atoms. The lowest BCUT2D eigenvalue weighted by atomic mass is 9.81. The molecule has 126 valence electrons. The van der Waals surface area contributed by atoms with Gasteiger partial charge in [0.15, 0.2) is 0 Å². The maximum atomic E-state index is 9.84. The van der Waals surface area contributed by atoms with Crippen LogP contribution in [0.3, 0.4) is 0 Å². The summed E-state index contributed by atoms with van der Waals surface area (Å²) >= 11 is 0. The summed E-state index contributed by atoms with van der Waals surface area (Å²) in [5.74, 6) is 1.84. The van der Waals surface area contributed by atoms with E-state index >= 15 is 0 Å². The maximum absolute atomic E-state index is 9.84. The number of unbranched alkanes of at least 4 members (excludes halogenated alkanes) is 3. The van der Waals surface area contributed by atoms with Gasteiger partial charge in [0.05, 0.1) is 12.7 Å². The fraction of sp³-hybridized carbons (Fsp3) is 1.00. The SMILES string of the molecule is CCCCCCOCC(O)CNCCC1CCC(C)CC1. The standard InChI is InChI=1S/C18H37NO2/c1-3-4-5-6-13-21-15-18(20)14-19-12-11-17-9-7-16(2)8-10-17/h16-20H,3-15H2,1-2H3. The largest absolute Gasteiger partial charge is 0.389 e. The van der Waals surface area contributed by atoms with Crippen molar-refractivity contribution in [2.24, 2.45) is 11.8 Å². The van der Waals surface area contributed by atoms with Gasteiger partial charge in [-0.1, -0.05) is 58.8 Å². The fourth-order valence-electron chi connectivity index (χ4n) is 3.10. The molecule has 1 fully saturated rings. The quantitative estimate of drug-likeness (QED) is 0.539. The number of rotatable bonds is 12. The van der Waals surface area contributed by atoms with Crippen molar-refractivity contribution < 1.29 is 9.84 Å². The highest BCUT2D eigenvalue weighted by molar-refractivity contribution is 4.71. The Morgan fingerprint density at radius 2 is 1.90 bits per heavy atom. The Morgan fingerprint density at radius 1 is 1.14 bits per heavy atom. The predicted molar refractivity (Wildman–Crippen MR) is 89.6 cm³/mol. The monoisotopic (exact) mass is 299 g/mol. The molecule has 1 atom stereocenters. The van der Waals surface area contributed by atoms with Crippen molar-refractivity contribution in [3.05, 3.63) is 0 Å². The van der Waals surface area contributed by atoms with E-state index in [-0.39, 0.29) is 6.10 Å². The van der Waals surface area contributed by atoms with E-state index in [1.807, 2.05) is 0 Å². The van der Waals surface area contributed by atoms with E-state index in [2.05, 4.69) is 19.2 Å². The number of hydrogen-bond acceptors (Lipinski definition) is 3. The minimum atomic E-state index is -0.359. The molecule has 1 unspecified atom stereocenters.